The van der Waals surface area contributed by atoms with Gasteiger partial charge in [-0.25, -0.2) is 0 Å². The minimum atomic E-state index is -0.154. The zero-order valence-corrected chi connectivity index (χ0v) is 15.3. The predicted molar refractivity (Wildman–Crippen MR) is 104 cm³/mol. The molecule has 2 N–H and O–H groups in total. The maximum atomic E-state index is 12.2. The van der Waals surface area contributed by atoms with Gasteiger partial charge in [-0.1, -0.05) is 6.07 Å². The summed E-state index contributed by atoms with van der Waals surface area (Å²) in [4.78, 5) is 12.8. The van der Waals surface area contributed by atoms with Crippen molar-refractivity contribution in [1.29, 1.82) is 0 Å². The van der Waals surface area contributed by atoms with Crippen molar-refractivity contribution >= 4 is 34.0 Å². The Balaban J connectivity index is 1.68. The molecule has 0 aliphatic heterocycles. The third-order valence-corrected chi connectivity index (χ3v) is 5.14. The normalized spacial score (nSPS) is 11.0. The van der Waals surface area contributed by atoms with Crippen molar-refractivity contribution < 1.29 is 9.53 Å². The molecule has 0 radical (unpaired) electrons. The number of hydrogen-bond donors (Lipinski definition) is 2. The summed E-state index contributed by atoms with van der Waals surface area (Å²) in [6, 6.07) is 13.6. The number of methoxy groups -OCH3 is 1. The molecule has 26 heavy (non-hydrogen) atoms. The minimum absolute atomic E-state index is 0.154. The number of rotatable bonds is 5. The molecule has 0 unspecified atom stereocenters. The molecule has 1 aromatic carbocycles. The van der Waals surface area contributed by atoms with E-state index in [9.17, 15) is 4.79 Å². The zero-order chi connectivity index (χ0) is 18.1. The second-order valence-corrected chi connectivity index (χ2v) is 6.74. The molecule has 0 aliphatic rings. The molecule has 132 valence electrons. The number of aryl methyl sites for hydroxylation is 1. The molecule has 0 aliphatic carbocycles. The van der Waals surface area contributed by atoms with Gasteiger partial charge >= 0.3 is 0 Å². The van der Waals surface area contributed by atoms with Crippen LogP contribution in [0.1, 0.15) is 16.6 Å². The highest BCUT2D eigenvalue weighted by atomic mass is 32.1. The minimum Gasteiger partial charge on any atom is -0.497 e. The number of carbonyl (C=O) groups is 1. The maximum Gasteiger partial charge on any atom is 0.266 e. The molecule has 0 bridgehead atoms. The van der Waals surface area contributed by atoms with Crippen LogP contribution >= 0.6 is 11.3 Å². The van der Waals surface area contributed by atoms with Gasteiger partial charge in [0.2, 0.25) is 0 Å². The zero-order valence-electron chi connectivity index (χ0n) is 14.4. The van der Waals surface area contributed by atoms with Gasteiger partial charge in [-0.2, -0.15) is 5.10 Å². The Morgan fingerprint density at radius 3 is 2.92 bits per heavy atom. The lowest BCUT2D eigenvalue weighted by Gasteiger charge is -2.07. The Hall–Kier alpha value is -3.06. The van der Waals surface area contributed by atoms with E-state index in [2.05, 4.69) is 33.1 Å². The second-order valence-electron chi connectivity index (χ2n) is 5.80. The highest BCUT2D eigenvalue weighted by Crippen LogP contribution is 2.30. The average molecular weight is 366 g/mol. The highest BCUT2D eigenvalue weighted by molar-refractivity contribution is 7.12. The molecule has 6 nitrogen and oxygen atoms in total. The van der Waals surface area contributed by atoms with Crippen LogP contribution in [0.4, 0.5) is 5.82 Å². The summed E-state index contributed by atoms with van der Waals surface area (Å²) >= 11 is 1.40. The van der Waals surface area contributed by atoms with Gasteiger partial charge in [0, 0.05) is 24.1 Å². The first kappa shape index (κ1) is 16.4. The fourth-order valence-corrected chi connectivity index (χ4v) is 3.65. The smallest absolute Gasteiger partial charge is 0.266 e. The summed E-state index contributed by atoms with van der Waals surface area (Å²) < 4.78 is 7.53. The maximum absolute atomic E-state index is 12.2. The Morgan fingerprint density at radius 2 is 2.19 bits per heavy atom. The van der Waals surface area contributed by atoms with E-state index in [-0.39, 0.29) is 5.91 Å². The molecule has 0 fully saturated rings. The third-order valence-electron chi connectivity index (χ3n) is 4.27. The second kappa shape index (κ2) is 6.68. The topological polar surface area (TPSA) is 71.9 Å². The summed E-state index contributed by atoms with van der Waals surface area (Å²) in [6.07, 6.45) is 0. The largest absolute Gasteiger partial charge is 0.497 e. The third kappa shape index (κ3) is 2.86. The van der Waals surface area contributed by atoms with Crippen LogP contribution in [0.3, 0.4) is 0 Å². The molecule has 7 heteroatoms. The fourth-order valence-electron chi connectivity index (χ4n) is 3.03. The number of ether oxygens (including phenoxy) is 1. The van der Waals surface area contributed by atoms with Gasteiger partial charge in [0.1, 0.15) is 5.75 Å². The van der Waals surface area contributed by atoms with Gasteiger partial charge in [-0.3, -0.25) is 9.89 Å². The number of H-pyrrole nitrogens is 1. The quantitative estimate of drug-likeness (QED) is 0.551. The average Bonchev–Trinajstić information content (AvgIpc) is 3.39. The molecule has 4 rings (SSSR count). The molecule has 0 atom stereocenters. The lowest BCUT2D eigenvalue weighted by Crippen LogP contribution is -2.10. The monoisotopic (exact) mass is 366 g/mol. The number of carbonyl (C=O) groups excluding carboxylic acids is 1. The molecular weight excluding hydrogens is 348 g/mol. The van der Waals surface area contributed by atoms with Crippen molar-refractivity contribution in [3.63, 3.8) is 0 Å². The van der Waals surface area contributed by atoms with Crippen molar-refractivity contribution in [3.05, 3.63) is 52.7 Å². The Morgan fingerprint density at radius 1 is 1.31 bits per heavy atom. The van der Waals surface area contributed by atoms with Crippen LogP contribution in [0, 0.1) is 0 Å². The molecular formula is C19H18N4O2S. The van der Waals surface area contributed by atoms with E-state index in [0.717, 1.165) is 34.6 Å². The van der Waals surface area contributed by atoms with Crippen LogP contribution in [0.2, 0.25) is 0 Å². The van der Waals surface area contributed by atoms with Crippen LogP contribution in [-0.4, -0.2) is 27.8 Å². The van der Waals surface area contributed by atoms with Gasteiger partial charge in [0.25, 0.3) is 5.91 Å². The van der Waals surface area contributed by atoms with Gasteiger partial charge in [0.15, 0.2) is 5.82 Å². The van der Waals surface area contributed by atoms with E-state index < -0.39 is 0 Å². The first-order valence-corrected chi connectivity index (χ1v) is 9.15. The van der Waals surface area contributed by atoms with E-state index in [1.807, 2.05) is 35.7 Å². The van der Waals surface area contributed by atoms with Crippen LogP contribution in [0.15, 0.2) is 47.8 Å². The number of aromatic amines is 1. The molecule has 4 aromatic rings. The van der Waals surface area contributed by atoms with Crippen LogP contribution in [0.5, 0.6) is 5.75 Å². The van der Waals surface area contributed by atoms with Crippen molar-refractivity contribution in [2.24, 2.45) is 0 Å². The molecule has 3 aromatic heterocycles. The van der Waals surface area contributed by atoms with Gasteiger partial charge in [-0.05, 0) is 36.6 Å². The molecule has 0 saturated carbocycles. The van der Waals surface area contributed by atoms with Crippen LogP contribution in [-0.2, 0) is 6.54 Å². The van der Waals surface area contributed by atoms with Crippen molar-refractivity contribution in [3.8, 4) is 17.1 Å². The van der Waals surface area contributed by atoms with Gasteiger partial charge in [-0.15, -0.1) is 11.3 Å². The van der Waals surface area contributed by atoms with E-state index in [4.69, 9.17) is 4.74 Å². The van der Waals surface area contributed by atoms with Crippen LogP contribution in [0.25, 0.3) is 22.3 Å². The summed E-state index contributed by atoms with van der Waals surface area (Å²) in [5, 5.41) is 13.1. The van der Waals surface area contributed by atoms with Gasteiger partial charge in [0.05, 0.1) is 28.9 Å². The summed E-state index contributed by atoms with van der Waals surface area (Å²) in [7, 11) is 1.67. The number of hydrogen-bond acceptors (Lipinski definition) is 4. The van der Waals surface area contributed by atoms with E-state index in [0.29, 0.717) is 10.7 Å². The number of thiophene rings is 1. The lowest BCUT2D eigenvalue weighted by molar-refractivity contribution is 0.103. The van der Waals surface area contributed by atoms with Crippen molar-refractivity contribution in [2.75, 3.05) is 12.4 Å². The van der Waals surface area contributed by atoms with Gasteiger partial charge < -0.3 is 14.6 Å². The number of amides is 1. The Kier molecular flexibility index (Phi) is 4.22. The van der Waals surface area contributed by atoms with E-state index in [1.165, 1.54) is 11.3 Å². The standard InChI is InChI=1S/C19H18N4O2S/c1-3-23-15-10-13(25-2)7-6-12(15)9-16(23)14-11-18(22-21-14)20-19(24)17-5-4-8-26-17/h4-11H,3H2,1-2H3,(H2,20,21,22,24). The van der Waals surface area contributed by atoms with E-state index >= 15 is 0 Å². The summed E-state index contributed by atoms with van der Waals surface area (Å²) in [5.41, 5.74) is 2.96. The first-order chi connectivity index (χ1) is 12.7. The Labute approximate surface area is 154 Å². The first-order valence-electron chi connectivity index (χ1n) is 8.27. The highest BCUT2D eigenvalue weighted by Gasteiger charge is 2.14. The number of nitrogens with zero attached hydrogens (tertiary/aromatic N) is 2. The predicted octanol–water partition coefficient (Wildman–Crippen LogP) is 4.37. The fraction of sp³-hybridized carbons (Fsp3) is 0.158. The molecule has 3 heterocycles. The summed E-state index contributed by atoms with van der Waals surface area (Å²) in [5.74, 6) is 1.17. The lowest BCUT2D eigenvalue weighted by atomic mass is 10.2. The SMILES string of the molecule is CCn1c(-c2cc(NC(=O)c3cccs3)n[nH]2)cc2ccc(OC)cc21. The van der Waals surface area contributed by atoms with Crippen molar-refractivity contribution in [2.45, 2.75) is 13.5 Å². The number of anilines is 1. The summed E-state index contributed by atoms with van der Waals surface area (Å²) in [6.45, 7) is 2.90. The van der Waals surface area contributed by atoms with E-state index in [1.54, 1.807) is 13.2 Å². The number of benzene rings is 1. The Bertz CT molecular complexity index is 1060. The van der Waals surface area contributed by atoms with Crippen molar-refractivity contribution in [1.82, 2.24) is 14.8 Å². The molecule has 0 spiro atoms. The number of fused-ring (bicyclic) bond motifs is 1. The number of nitrogens with one attached hydrogen (secondary N) is 2. The number of aromatic nitrogens is 3. The molecule has 0 saturated heterocycles. The molecule has 1 amide bonds. The van der Waals surface area contributed by atoms with Crippen LogP contribution < -0.4 is 10.1 Å².